The molecule has 1 saturated heterocycles. The van der Waals surface area contributed by atoms with Crippen molar-refractivity contribution in [2.24, 2.45) is 7.05 Å². The van der Waals surface area contributed by atoms with Crippen LogP contribution >= 0.6 is 0 Å². The van der Waals surface area contributed by atoms with E-state index in [1.807, 2.05) is 6.92 Å². The van der Waals surface area contributed by atoms with Crippen LogP contribution in [-0.2, 0) is 7.05 Å². The summed E-state index contributed by atoms with van der Waals surface area (Å²) in [6.45, 7) is 7.43. The third kappa shape index (κ3) is 5.39. The highest BCUT2D eigenvalue weighted by atomic mass is 19.4. The molecule has 4 rings (SSSR count). The van der Waals surface area contributed by atoms with E-state index in [2.05, 4.69) is 44.4 Å². The number of rotatable bonds is 6. The molecule has 196 valence electrons. The number of hydrogen-bond donors (Lipinski definition) is 0. The van der Waals surface area contributed by atoms with Gasteiger partial charge in [-0.3, -0.25) is 9.47 Å². The monoisotopic (exact) mass is 514 g/mol. The first-order valence-corrected chi connectivity index (χ1v) is 12.2. The van der Waals surface area contributed by atoms with Crippen molar-refractivity contribution in [3.8, 4) is 11.8 Å². The van der Waals surface area contributed by atoms with Crippen LogP contribution in [-0.4, -0.2) is 51.0 Å². The van der Waals surface area contributed by atoms with Gasteiger partial charge in [-0.15, -0.1) is 13.2 Å². The number of aryl methyl sites for hydroxylation is 1. The summed E-state index contributed by atoms with van der Waals surface area (Å²) in [5.74, 6) is 0.223. The van der Waals surface area contributed by atoms with E-state index < -0.39 is 12.1 Å². The molecule has 37 heavy (non-hydrogen) atoms. The molecule has 3 atom stereocenters. The highest BCUT2D eigenvalue weighted by molar-refractivity contribution is 5.86. The first-order chi connectivity index (χ1) is 17.6. The number of benzene rings is 1. The molecule has 8 nitrogen and oxygen atoms in total. The number of fused-ring (bicyclic) bond motifs is 1. The molecular formula is C26H29F3N6O2. The molecule has 1 fully saturated rings. The Labute approximate surface area is 212 Å². The second-order valence-electron chi connectivity index (χ2n) is 9.22. The van der Waals surface area contributed by atoms with E-state index >= 15 is 0 Å². The fraction of sp³-hybridized carbons (Fsp3) is 0.462. The van der Waals surface area contributed by atoms with Crippen LogP contribution in [0, 0.1) is 11.3 Å². The largest absolute Gasteiger partial charge is 0.573 e. The van der Waals surface area contributed by atoms with Crippen LogP contribution in [0.25, 0.3) is 11.0 Å². The minimum absolute atomic E-state index is 0.00781. The average Bonchev–Trinajstić information content (AvgIpc) is 2.88. The molecule has 0 radical (unpaired) electrons. The van der Waals surface area contributed by atoms with E-state index in [1.165, 1.54) is 16.7 Å². The van der Waals surface area contributed by atoms with Crippen molar-refractivity contribution in [2.75, 3.05) is 18.0 Å². The van der Waals surface area contributed by atoms with Crippen LogP contribution in [0.3, 0.4) is 0 Å². The summed E-state index contributed by atoms with van der Waals surface area (Å²) < 4.78 is 43.1. The third-order valence-corrected chi connectivity index (χ3v) is 7.10. The lowest BCUT2D eigenvalue weighted by atomic mass is 9.97. The zero-order chi connectivity index (χ0) is 26.9. The van der Waals surface area contributed by atoms with Crippen molar-refractivity contribution in [1.29, 1.82) is 5.26 Å². The normalized spacial score (nSPS) is 19.6. The summed E-state index contributed by atoms with van der Waals surface area (Å²) in [6, 6.07) is 11.4. The van der Waals surface area contributed by atoms with Gasteiger partial charge in [-0.25, -0.2) is 9.78 Å². The number of nitriles is 1. The number of pyridine rings is 1. The van der Waals surface area contributed by atoms with Crippen LogP contribution in [0.1, 0.15) is 50.9 Å². The molecule has 0 spiro atoms. The Balaban J connectivity index is 1.67. The van der Waals surface area contributed by atoms with Gasteiger partial charge in [0.05, 0.1) is 5.52 Å². The highest BCUT2D eigenvalue weighted by Crippen LogP contribution is 2.34. The maximum atomic E-state index is 12.7. The van der Waals surface area contributed by atoms with Gasteiger partial charge < -0.3 is 9.64 Å². The van der Waals surface area contributed by atoms with Gasteiger partial charge in [0.2, 0.25) is 0 Å². The molecule has 0 aliphatic carbocycles. The van der Waals surface area contributed by atoms with Crippen LogP contribution in [0.15, 0.2) is 41.2 Å². The number of alkyl halides is 3. The van der Waals surface area contributed by atoms with E-state index in [9.17, 15) is 23.2 Å². The Morgan fingerprint density at radius 2 is 1.76 bits per heavy atom. The molecule has 0 amide bonds. The zero-order valence-electron chi connectivity index (χ0n) is 21.2. The lowest BCUT2D eigenvalue weighted by Crippen LogP contribution is -2.59. The molecule has 1 unspecified atom stereocenters. The van der Waals surface area contributed by atoms with Crippen molar-refractivity contribution in [3.05, 3.63) is 58.1 Å². The summed E-state index contributed by atoms with van der Waals surface area (Å²) in [6.07, 6.45) is -3.15. The van der Waals surface area contributed by atoms with Crippen molar-refractivity contribution in [1.82, 2.24) is 19.4 Å². The maximum Gasteiger partial charge on any atom is 0.573 e. The quantitative estimate of drug-likeness (QED) is 0.477. The Morgan fingerprint density at radius 3 is 2.35 bits per heavy atom. The fourth-order valence-corrected chi connectivity index (χ4v) is 5.03. The first kappa shape index (κ1) is 26.4. The minimum atomic E-state index is -4.73. The predicted octanol–water partition coefficient (Wildman–Crippen LogP) is 4.54. The molecule has 3 heterocycles. The molecule has 0 bridgehead atoms. The van der Waals surface area contributed by atoms with Gasteiger partial charge in [0.15, 0.2) is 5.82 Å². The molecule has 2 aromatic heterocycles. The first-order valence-electron chi connectivity index (χ1n) is 12.2. The highest BCUT2D eigenvalue weighted by Gasteiger charge is 2.37. The summed E-state index contributed by atoms with van der Waals surface area (Å²) in [5.41, 5.74) is 1.85. The van der Waals surface area contributed by atoms with Crippen molar-refractivity contribution in [2.45, 2.75) is 58.1 Å². The van der Waals surface area contributed by atoms with Crippen LogP contribution in [0.2, 0.25) is 0 Å². The van der Waals surface area contributed by atoms with E-state index in [4.69, 9.17) is 0 Å². The molecular weight excluding hydrogens is 485 g/mol. The second-order valence-corrected chi connectivity index (χ2v) is 9.22. The van der Waals surface area contributed by atoms with Crippen LogP contribution in [0.4, 0.5) is 19.0 Å². The molecule has 3 aromatic rings. The molecule has 1 aliphatic heterocycles. The lowest BCUT2D eigenvalue weighted by molar-refractivity contribution is -0.274. The number of piperazine rings is 1. The fourth-order valence-electron chi connectivity index (χ4n) is 5.03. The Bertz CT molecular complexity index is 1370. The SMILES string of the molecule is CC[C@H]1CN(C(C)c2ccc(OC(F)(F)F)cc2)[C@H](CC)CN1c1nc(=O)n(C)c2ccc(C#N)nc12. The number of ether oxygens (including phenoxy) is 1. The van der Waals surface area contributed by atoms with Gasteiger partial charge in [-0.05, 0) is 49.6 Å². The summed E-state index contributed by atoms with van der Waals surface area (Å²) in [5, 5.41) is 9.39. The standard InChI is InChI=1S/C26H29F3N6O2/c1-5-19-15-35(24-23-22(33(4)25(36)32-24)12-9-18(13-30)31-23)20(6-2)14-34(19)16(3)17-7-10-21(11-8-17)37-26(27,28)29/h7-12,16,19-20H,5-6,14-15H2,1-4H3/t16?,19-,20+/m1/s1. The Kier molecular flexibility index (Phi) is 7.41. The van der Waals surface area contributed by atoms with E-state index in [-0.39, 0.29) is 29.6 Å². The number of aromatic nitrogens is 3. The minimum Gasteiger partial charge on any atom is -0.406 e. The molecule has 0 saturated carbocycles. The molecule has 1 aromatic carbocycles. The van der Waals surface area contributed by atoms with Gasteiger partial charge in [0.25, 0.3) is 0 Å². The molecule has 1 aliphatic rings. The summed E-state index contributed by atoms with van der Waals surface area (Å²) in [4.78, 5) is 26.0. The number of anilines is 1. The maximum absolute atomic E-state index is 12.7. The predicted molar refractivity (Wildman–Crippen MR) is 133 cm³/mol. The van der Waals surface area contributed by atoms with Crippen LogP contribution < -0.4 is 15.3 Å². The van der Waals surface area contributed by atoms with Gasteiger partial charge in [-0.2, -0.15) is 10.2 Å². The summed E-state index contributed by atoms with van der Waals surface area (Å²) >= 11 is 0. The lowest BCUT2D eigenvalue weighted by Gasteiger charge is -2.49. The van der Waals surface area contributed by atoms with Gasteiger partial charge in [-0.1, -0.05) is 26.0 Å². The second kappa shape index (κ2) is 10.4. The number of hydrogen-bond acceptors (Lipinski definition) is 7. The van der Waals surface area contributed by atoms with Crippen molar-refractivity contribution in [3.63, 3.8) is 0 Å². The topological polar surface area (TPSA) is 87.3 Å². The average molecular weight is 515 g/mol. The Hall–Kier alpha value is -3.65. The Morgan fingerprint density at radius 1 is 1.08 bits per heavy atom. The van der Waals surface area contributed by atoms with Gasteiger partial charge in [0.1, 0.15) is 23.0 Å². The van der Waals surface area contributed by atoms with E-state index in [0.717, 1.165) is 18.4 Å². The smallest absolute Gasteiger partial charge is 0.406 e. The van der Waals surface area contributed by atoms with Crippen LogP contribution in [0.5, 0.6) is 5.75 Å². The van der Waals surface area contributed by atoms with Gasteiger partial charge >= 0.3 is 12.1 Å². The third-order valence-electron chi connectivity index (χ3n) is 7.10. The van der Waals surface area contributed by atoms with E-state index in [0.29, 0.717) is 29.9 Å². The van der Waals surface area contributed by atoms with Gasteiger partial charge in [0, 0.05) is 38.3 Å². The number of halogens is 3. The van der Waals surface area contributed by atoms with Crippen molar-refractivity contribution < 1.29 is 17.9 Å². The summed E-state index contributed by atoms with van der Waals surface area (Å²) in [7, 11) is 1.63. The van der Waals surface area contributed by atoms with Crippen molar-refractivity contribution >= 4 is 16.9 Å². The van der Waals surface area contributed by atoms with E-state index in [1.54, 1.807) is 31.3 Å². The number of nitrogens with zero attached hydrogens (tertiary/aromatic N) is 6. The molecule has 0 N–H and O–H groups in total. The zero-order valence-corrected chi connectivity index (χ0v) is 21.2. The molecule has 11 heteroatoms.